The molecule has 3 saturated carbocycles. The predicted molar refractivity (Wildman–Crippen MR) is 142 cm³/mol. The van der Waals surface area contributed by atoms with Crippen LogP contribution < -0.4 is 9.47 Å². The predicted octanol–water partition coefficient (Wildman–Crippen LogP) is 7.74. The molecule has 0 unspecified atom stereocenters. The molecule has 5 aliphatic rings. The van der Waals surface area contributed by atoms with Crippen LogP contribution in [-0.4, -0.2) is 16.9 Å². The number of carboxylic acid groups (broad SMARTS) is 1. The maximum atomic E-state index is 12.4. The van der Waals surface area contributed by atoms with Crippen LogP contribution in [0.25, 0.3) is 0 Å². The maximum absolute atomic E-state index is 12.4. The summed E-state index contributed by atoms with van der Waals surface area (Å²) in [6.45, 7) is 18.1. The highest BCUT2D eigenvalue weighted by Crippen LogP contribution is 2.74. The zero-order valence-corrected chi connectivity index (χ0v) is 23.6. The highest BCUT2D eigenvalue weighted by molar-refractivity contribution is 5.74. The molecule has 3 fully saturated rings. The average Bonchev–Trinajstić information content (AvgIpc) is 3.12. The van der Waals surface area contributed by atoms with Gasteiger partial charge in [0.15, 0.2) is 11.5 Å². The van der Waals surface area contributed by atoms with Gasteiger partial charge in [0, 0.05) is 19.3 Å². The fourth-order valence-corrected chi connectivity index (χ4v) is 9.61. The minimum atomic E-state index is -0.628. The lowest BCUT2D eigenvalue weighted by atomic mass is 9.34. The van der Waals surface area contributed by atoms with Gasteiger partial charge in [-0.2, -0.15) is 0 Å². The van der Waals surface area contributed by atoms with Gasteiger partial charge in [-0.1, -0.05) is 39.3 Å². The van der Waals surface area contributed by atoms with Crippen molar-refractivity contribution in [1.82, 2.24) is 0 Å². The molecule has 36 heavy (non-hydrogen) atoms. The van der Waals surface area contributed by atoms with Gasteiger partial charge < -0.3 is 14.6 Å². The second kappa shape index (κ2) is 6.91. The summed E-state index contributed by atoms with van der Waals surface area (Å²) in [7, 11) is 0. The van der Waals surface area contributed by atoms with E-state index in [1.54, 1.807) is 5.57 Å². The number of ether oxygens (including phenoxy) is 2. The molecule has 0 amide bonds. The standard InChI is InChI=1S/C32H44O4/c1-19-20-9-10-23-30(6,21(20)17-22-25(19)36-27(2,3)35-22)14-16-32(8)24-18-29(5,26(33)34)12-11-28(24,4)13-15-31(23,32)7/h10,17,24H,9,11-16,18H2,1-8H3,(H,33,34)/t24-,28-,29-,30+,31-,32+/m1/s1. The second-order valence-electron chi connectivity index (χ2n) is 14.6. The van der Waals surface area contributed by atoms with Gasteiger partial charge in [0.05, 0.1) is 5.41 Å². The average molecular weight is 493 g/mol. The van der Waals surface area contributed by atoms with Crippen LogP contribution in [0, 0.1) is 34.5 Å². The Hall–Kier alpha value is -1.97. The van der Waals surface area contributed by atoms with E-state index in [2.05, 4.69) is 46.8 Å². The first-order valence-corrected chi connectivity index (χ1v) is 14.1. The maximum Gasteiger partial charge on any atom is 0.309 e. The van der Waals surface area contributed by atoms with Crippen LogP contribution >= 0.6 is 0 Å². The summed E-state index contributed by atoms with van der Waals surface area (Å²) < 4.78 is 12.4. The van der Waals surface area contributed by atoms with Crippen molar-refractivity contribution in [2.45, 2.75) is 118 Å². The van der Waals surface area contributed by atoms with E-state index in [-0.39, 0.29) is 21.7 Å². The molecule has 4 heteroatoms. The third-order valence-corrected chi connectivity index (χ3v) is 12.2. The van der Waals surface area contributed by atoms with Crippen molar-refractivity contribution in [3.05, 3.63) is 34.4 Å². The molecule has 1 heterocycles. The molecular formula is C32H44O4. The van der Waals surface area contributed by atoms with Crippen LogP contribution in [-0.2, 0) is 16.6 Å². The monoisotopic (exact) mass is 492 g/mol. The van der Waals surface area contributed by atoms with Crippen molar-refractivity contribution in [2.75, 3.05) is 0 Å². The Kier molecular flexibility index (Phi) is 4.68. The molecule has 1 aliphatic heterocycles. The summed E-state index contributed by atoms with van der Waals surface area (Å²) in [6.07, 6.45) is 10.7. The number of fused-ring (bicyclic) bond motifs is 8. The molecule has 1 aromatic rings. The van der Waals surface area contributed by atoms with Gasteiger partial charge >= 0.3 is 5.97 Å². The van der Waals surface area contributed by atoms with E-state index < -0.39 is 17.2 Å². The Labute approximate surface area is 216 Å². The van der Waals surface area contributed by atoms with Crippen molar-refractivity contribution in [2.24, 2.45) is 27.6 Å². The molecule has 1 N–H and O–H groups in total. The van der Waals surface area contributed by atoms with Crippen molar-refractivity contribution in [1.29, 1.82) is 0 Å². The minimum Gasteiger partial charge on any atom is -0.481 e. The molecule has 1 aromatic carbocycles. The van der Waals surface area contributed by atoms with E-state index in [0.29, 0.717) is 5.92 Å². The van der Waals surface area contributed by atoms with Gasteiger partial charge in [-0.25, -0.2) is 0 Å². The summed E-state index contributed by atoms with van der Waals surface area (Å²) in [5, 5.41) is 10.2. The first kappa shape index (κ1) is 24.4. The fourth-order valence-electron chi connectivity index (χ4n) is 9.61. The highest BCUT2D eigenvalue weighted by atomic mass is 16.7. The zero-order valence-electron chi connectivity index (χ0n) is 23.6. The van der Waals surface area contributed by atoms with E-state index in [9.17, 15) is 9.90 Å². The van der Waals surface area contributed by atoms with Crippen LogP contribution in [0.2, 0.25) is 0 Å². The molecule has 6 atom stereocenters. The van der Waals surface area contributed by atoms with Gasteiger partial charge in [-0.05, 0) is 110 Å². The summed E-state index contributed by atoms with van der Waals surface area (Å²) in [5.74, 6) is 0.982. The van der Waals surface area contributed by atoms with Gasteiger partial charge in [-0.3, -0.25) is 4.79 Å². The van der Waals surface area contributed by atoms with Crippen LogP contribution in [0.5, 0.6) is 11.5 Å². The van der Waals surface area contributed by atoms with Crippen LogP contribution in [0.4, 0.5) is 0 Å². The zero-order chi connectivity index (χ0) is 26.1. The van der Waals surface area contributed by atoms with E-state index in [4.69, 9.17) is 9.47 Å². The quantitative estimate of drug-likeness (QED) is 0.407. The number of hydrogen-bond acceptors (Lipinski definition) is 3. The summed E-state index contributed by atoms with van der Waals surface area (Å²) in [6, 6.07) is 2.29. The SMILES string of the molecule is Cc1c2c(cc3c1OC(C)(C)O3)[C@]1(C)CC[C@@]3(C)[C@@H]4C[C@](C)(C(=O)O)CC[C@]4(C)CC[C@]3(C)C1=CC2. The largest absolute Gasteiger partial charge is 0.481 e. The summed E-state index contributed by atoms with van der Waals surface area (Å²) in [4.78, 5) is 12.4. The molecule has 196 valence electrons. The molecule has 6 rings (SSSR count). The smallest absolute Gasteiger partial charge is 0.309 e. The van der Waals surface area contributed by atoms with Crippen LogP contribution in [0.3, 0.4) is 0 Å². The third kappa shape index (κ3) is 2.85. The molecule has 0 radical (unpaired) electrons. The Balaban J connectivity index is 1.45. The van der Waals surface area contributed by atoms with E-state index >= 15 is 0 Å². The lowest BCUT2D eigenvalue weighted by molar-refractivity contribution is -0.177. The van der Waals surface area contributed by atoms with Crippen molar-refractivity contribution >= 4 is 5.97 Å². The van der Waals surface area contributed by atoms with Gasteiger partial charge in [0.2, 0.25) is 5.79 Å². The molecule has 4 aliphatic carbocycles. The summed E-state index contributed by atoms with van der Waals surface area (Å²) in [5.41, 5.74) is 5.40. The second-order valence-corrected chi connectivity index (χ2v) is 14.6. The van der Waals surface area contributed by atoms with Gasteiger partial charge in [0.1, 0.15) is 0 Å². The number of rotatable bonds is 1. The molecule has 0 bridgehead atoms. The topological polar surface area (TPSA) is 55.8 Å². The van der Waals surface area contributed by atoms with Gasteiger partial charge in [0.25, 0.3) is 0 Å². The van der Waals surface area contributed by atoms with Gasteiger partial charge in [-0.15, -0.1) is 0 Å². The number of hydrogen-bond donors (Lipinski definition) is 1. The molecular weight excluding hydrogens is 448 g/mol. The first-order chi connectivity index (χ1) is 16.6. The first-order valence-electron chi connectivity index (χ1n) is 14.1. The Morgan fingerprint density at radius 2 is 1.64 bits per heavy atom. The van der Waals surface area contributed by atoms with Crippen molar-refractivity contribution in [3.63, 3.8) is 0 Å². The van der Waals surface area contributed by atoms with E-state index in [1.807, 2.05) is 20.8 Å². The molecule has 0 spiro atoms. The lowest BCUT2D eigenvalue weighted by Gasteiger charge is -2.69. The number of carboxylic acids is 1. The minimum absolute atomic E-state index is 0.0315. The van der Waals surface area contributed by atoms with Crippen LogP contribution in [0.1, 0.15) is 110 Å². The van der Waals surface area contributed by atoms with E-state index in [1.165, 1.54) is 29.5 Å². The number of benzene rings is 1. The number of carbonyl (C=O) groups is 1. The lowest BCUT2D eigenvalue weighted by Crippen LogP contribution is -2.62. The Bertz CT molecular complexity index is 1210. The molecule has 0 saturated heterocycles. The highest BCUT2D eigenvalue weighted by Gasteiger charge is 2.67. The number of aliphatic carboxylic acids is 1. The summed E-state index contributed by atoms with van der Waals surface area (Å²) >= 11 is 0. The third-order valence-electron chi connectivity index (χ3n) is 12.2. The van der Waals surface area contributed by atoms with Crippen molar-refractivity contribution < 1.29 is 19.4 Å². The normalized spacial score (nSPS) is 44.0. The Morgan fingerprint density at radius 1 is 0.944 bits per heavy atom. The number of allylic oxidation sites excluding steroid dienone is 2. The van der Waals surface area contributed by atoms with Crippen LogP contribution in [0.15, 0.2) is 17.7 Å². The fraction of sp³-hybridized carbons (Fsp3) is 0.719. The van der Waals surface area contributed by atoms with Crippen molar-refractivity contribution in [3.8, 4) is 11.5 Å². The molecule has 4 nitrogen and oxygen atoms in total. The van der Waals surface area contributed by atoms with E-state index in [0.717, 1.165) is 50.0 Å². The Morgan fingerprint density at radius 3 is 2.33 bits per heavy atom. The molecule has 0 aromatic heterocycles.